The molecule has 166 valence electrons. The van der Waals surface area contributed by atoms with Crippen molar-refractivity contribution in [2.24, 2.45) is 0 Å². The highest BCUT2D eigenvalue weighted by molar-refractivity contribution is 5.96. The van der Waals surface area contributed by atoms with E-state index in [9.17, 15) is 9.59 Å². The molecule has 0 aliphatic carbocycles. The van der Waals surface area contributed by atoms with E-state index in [1.165, 1.54) is 16.0 Å². The molecule has 31 heavy (non-hydrogen) atoms. The van der Waals surface area contributed by atoms with E-state index < -0.39 is 0 Å². The van der Waals surface area contributed by atoms with E-state index in [-0.39, 0.29) is 18.4 Å². The van der Waals surface area contributed by atoms with E-state index in [4.69, 9.17) is 4.74 Å². The Morgan fingerprint density at radius 3 is 2.26 bits per heavy atom. The monoisotopic (exact) mass is 424 g/mol. The molecule has 1 aliphatic rings. The fraction of sp³-hybridized carbons (Fsp3) is 0.440. The highest BCUT2D eigenvalue weighted by atomic mass is 16.5. The molecular formula is C25H34N3O3+. The summed E-state index contributed by atoms with van der Waals surface area (Å²) in [5.74, 6) is 1.00. The molecule has 2 aromatic rings. The second-order valence-electron chi connectivity index (χ2n) is 8.34. The molecule has 3 rings (SSSR count). The summed E-state index contributed by atoms with van der Waals surface area (Å²) in [7, 11) is 0. The van der Waals surface area contributed by atoms with E-state index in [0.717, 1.165) is 38.5 Å². The van der Waals surface area contributed by atoms with Crippen LogP contribution >= 0.6 is 0 Å². The number of piperazine rings is 1. The molecule has 6 nitrogen and oxygen atoms in total. The predicted molar refractivity (Wildman–Crippen MR) is 121 cm³/mol. The van der Waals surface area contributed by atoms with E-state index in [1.54, 1.807) is 24.3 Å². The van der Waals surface area contributed by atoms with Gasteiger partial charge in [0.2, 0.25) is 5.91 Å². The van der Waals surface area contributed by atoms with Gasteiger partial charge in [-0.2, -0.15) is 0 Å². The predicted octanol–water partition coefficient (Wildman–Crippen LogP) is 1.87. The van der Waals surface area contributed by atoms with Crippen molar-refractivity contribution in [3.05, 3.63) is 65.2 Å². The Morgan fingerprint density at radius 1 is 1.03 bits per heavy atom. The molecule has 1 heterocycles. The van der Waals surface area contributed by atoms with Crippen LogP contribution < -0.4 is 15.0 Å². The minimum Gasteiger partial charge on any atom is -0.494 e. The molecule has 1 fully saturated rings. The van der Waals surface area contributed by atoms with Crippen molar-refractivity contribution >= 4 is 11.8 Å². The number of nitrogens with one attached hydrogen (secondary N) is 2. The fourth-order valence-electron chi connectivity index (χ4n) is 3.80. The molecule has 1 aliphatic heterocycles. The Hall–Kier alpha value is -2.86. The highest BCUT2D eigenvalue weighted by Gasteiger charge is 2.24. The Bertz CT molecular complexity index is 855. The lowest BCUT2D eigenvalue weighted by molar-refractivity contribution is -0.917. The van der Waals surface area contributed by atoms with Crippen LogP contribution in [0.5, 0.6) is 5.75 Å². The Balaban J connectivity index is 1.41. The van der Waals surface area contributed by atoms with E-state index >= 15 is 0 Å². The number of rotatable bonds is 8. The van der Waals surface area contributed by atoms with Crippen LogP contribution in [0.1, 0.15) is 48.2 Å². The molecule has 0 radical (unpaired) electrons. The van der Waals surface area contributed by atoms with Gasteiger partial charge in [0, 0.05) is 11.1 Å². The van der Waals surface area contributed by atoms with Crippen molar-refractivity contribution in [1.82, 2.24) is 10.2 Å². The van der Waals surface area contributed by atoms with Crippen molar-refractivity contribution in [2.75, 3.05) is 39.3 Å². The zero-order valence-corrected chi connectivity index (χ0v) is 18.8. The number of amides is 2. The molecular weight excluding hydrogens is 390 g/mol. The Labute approximate surface area is 185 Å². The Kier molecular flexibility index (Phi) is 8.06. The van der Waals surface area contributed by atoms with Crippen molar-refractivity contribution < 1.29 is 19.2 Å². The topological polar surface area (TPSA) is 63.1 Å². The molecule has 6 heteroatoms. The molecule has 0 bridgehead atoms. The SMILES string of the molecule is CCOc1ccc(C(=O)NCC(=O)N2CC[NH+](Cc3ccc(C(C)C)cc3)CC2)cc1. The van der Waals surface area contributed by atoms with Crippen LogP contribution in [-0.2, 0) is 11.3 Å². The standard InChI is InChI=1S/C25H33N3O3/c1-4-31-23-11-9-22(10-12-23)25(30)26-17-24(29)28-15-13-27(14-16-28)18-20-5-7-21(8-6-20)19(2)3/h5-12,19H,4,13-18H2,1-3H3,(H,26,30)/p+1. The van der Waals surface area contributed by atoms with Crippen LogP contribution in [0.3, 0.4) is 0 Å². The summed E-state index contributed by atoms with van der Waals surface area (Å²) < 4.78 is 5.38. The first-order valence-corrected chi connectivity index (χ1v) is 11.2. The van der Waals surface area contributed by atoms with Gasteiger partial charge >= 0.3 is 0 Å². The largest absolute Gasteiger partial charge is 0.494 e. The molecule has 2 aromatic carbocycles. The summed E-state index contributed by atoms with van der Waals surface area (Å²) in [6.45, 7) is 11.2. The van der Waals surface area contributed by atoms with Gasteiger partial charge in [-0.25, -0.2) is 0 Å². The average molecular weight is 425 g/mol. The third-order valence-electron chi connectivity index (χ3n) is 5.75. The van der Waals surface area contributed by atoms with Gasteiger partial charge in [-0.1, -0.05) is 38.1 Å². The van der Waals surface area contributed by atoms with Gasteiger partial charge in [0.05, 0.1) is 39.3 Å². The number of ether oxygens (including phenoxy) is 1. The number of carbonyl (C=O) groups is 2. The van der Waals surface area contributed by atoms with Crippen LogP contribution in [0.2, 0.25) is 0 Å². The summed E-state index contributed by atoms with van der Waals surface area (Å²) in [6.07, 6.45) is 0. The molecule has 0 spiro atoms. The zero-order chi connectivity index (χ0) is 22.2. The van der Waals surface area contributed by atoms with Crippen LogP contribution in [0.15, 0.2) is 48.5 Å². The zero-order valence-electron chi connectivity index (χ0n) is 18.8. The summed E-state index contributed by atoms with van der Waals surface area (Å²) in [5.41, 5.74) is 3.22. The average Bonchev–Trinajstić information content (AvgIpc) is 2.79. The lowest BCUT2D eigenvalue weighted by atomic mass is 10.0. The van der Waals surface area contributed by atoms with E-state index in [2.05, 4.69) is 43.4 Å². The van der Waals surface area contributed by atoms with Gasteiger partial charge in [0.15, 0.2) is 0 Å². The maximum atomic E-state index is 12.5. The van der Waals surface area contributed by atoms with Crippen molar-refractivity contribution in [3.8, 4) is 5.75 Å². The van der Waals surface area contributed by atoms with Crippen LogP contribution in [-0.4, -0.2) is 56.0 Å². The van der Waals surface area contributed by atoms with Gasteiger partial charge in [0.25, 0.3) is 5.91 Å². The first kappa shape index (κ1) is 22.8. The number of hydrogen-bond acceptors (Lipinski definition) is 3. The second kappa shape index (κ2) is 11.0. The number of benzene rings is 2. The van der Waals surface area contributed by atoms with Crippen molar-refractivity contribution in [2.45, 2.75) is 33.2 Å². The molecule has 0 aromatic heterocycles. The summed E-state index contributed by atoms with van der Waals surface area (Å²) in [4.78, 5) is 28.2. The fourth-order valence-corrected chi connectivity index (χ4v) is 3.80. The smallest absolute Gasteiger partial charge is 0.251 e. The second-order valence-corrected chi connectivity index (χ2v) is 8.34. The number of quaternary nitrogens is 1. The first-order chi connectivity index (χ1) is 15.0. The Morgan fingerprint density at radius 2 is 1.68 bits per heavy atom. The van der Waals surface area contributed by atoms with Crippen LogP contribution in [0.25, 0.3) is 0 Å². The third kappa shape index (κ3) is 6.56. The normalized spacial score (nSPS) is 14.5. The van der Waals surface area contributed by atoms with Crippen molar-refractivity contribution in [1.29, 1.82) is 0 Å². The molecule has 0 unspecified atom stereocenters. The summed E-state index contributed by atoms with van der Waals surface area (Å²) in [6, 6.07) is 15.8. The van der Waals surface area contributed by atoms with Gasteiger partial charge in [-0.15, -0.1) is 0 Å². The van der Waals surface area contributed by atoms with E-state index in [1.807, 2.05) is 11.8 Å². The molecule has 1 saturated heterocycles. The van der Waals surface area contributed by atoms with Gasteiger partial charge in [0.1, 0.15) is 12.3 Å². The van der Waals surface area contributed by atoms with Crippen LogP contribution in [0, 0.1) is 0 Å². The minimum absolute atomic E-state index is 0.0258. The molecule has 2 N–H and O–H groups in total. The number of nitrogens with zero attached hydrogens (tertiary/aromatic N) is 1. The summed E-state index contributed by atoms with van der Waals surface area (Å²) >= 11 is 0. The lowest BCUT2D eigenvalue weighted by Crippen LogP contribution is -3.13. The molecule has 2 amide bonds. The highest BCUT2D eigenvalue weighted by Crippen LogP contribution is 2.14. The quantitative estimate of drug-likeness (QED) is 0.680. The minimum atomic E-state index is -0.245. The van der Waals surface area contributed by atoms with Gasteiger partial charge < -0.3 is 19.9 Å². The van der Waals surface area contributed by atoms with Gasteiger partial charge in [-0.05, 0) is 42.7 Å². The lowest BCUT2D eigenvalue weighted by Gasteiger charge is -2.32. The number of carbonyl (C=O) groups excluding carboxylic acids is 2. The maximum Gasteiger partial charge on any atom is 0.251 e. The third-order valence-corrected chi connectivity index (χ3v) is 5.75. The van der Waals surface area contributed by atoms with Crippen molar-refractivity contribution in [3.63, 3.8) is 0 Å². The first-order valence-electron chi connectivity index (χ1n) is 11.2. The van der Waals surface area contributed by atoms with Crippen LogP contribution in [0.4, 0.5) is 0 Å². The molecule has 0 saturated carbocycles. The van der Waals surface area contributed by atoms with Gasteiger partial charge in [-0.3, -0.25) is 9.59 Å². The number of hydrogen-bond donors (Lipinski definition) is 2. The molecule has 0 atom stereocenters. The van der Waals surface area contributed by atoms with E-state index in [0.29, 0.717) is 18.1 Å². The summed E-state index contributed by atoms with van der Waals surface area (Å²) in [5, 5.41) is 2.74. The maximum absolute atomic E-state index is 12.5.